The lowest BCUT2D eigenvalue weighted by atomic mass is 9.95. The van der Waals surface area contributed by atoms with E-state index in [9.17, 15) is 22.8 Å². The number of halogens is 3. The standard InChI is InChI=1S/C16H16F3N3O4/c17-16(18,19)9-20-14(23)10-3-5-22(6-4-10)15(24)11-8-13(26-21-11)12-2-1-7-25-12/h1-2,7-8,10H,3-6,9H2,(H,20,23). The second-order valence-electron chi connectivity index (χ2n) is 5.95. The summed E-state index contributed by atoms with van der Waals surface area (Å²) >= 11 is 0. The van der Waals surface area contributed by atoms with Gasteiger partial charge in [0.1, 0.15) is 6.54 Å². The molecule has 0 atom stereocenters. The maximum absolute atomic E-state index is 12.4. The van der Waals surface area contributed by atoms with E-state index >= 15 is 0 Å². The van der Waals surface area contributed by atoms with Crippen LogP contribution in [0.4, 0.5) is 13.2 Å². The number of carbonyl (C=O) groups is 2. The highest BCUT2D eigenvalue weighted by Gasteiger charge is 2.32. The third-order valence-corrected chi connectivity index (χ3v) is 4.11. The van der Waals surface area contributed by atoms with E-state index in [2.05, 4.69) is 5.16 Å². The lowest BCUT2D eigenvalue weighted by Crippen LogP contribution is -2.44. The minimum Gasteiger partial charge on any atom is -0.461 e. The van der Waals surface area contributed by atoms with Crippen LogP contribution in [-0.2, 0) is 4.79 Å². The second-order valence-corrected chi connectivity index (χ2v) is 5.95. The molecule has 0 unspecified atom stereocenters. The number of piperidine rings is 1. The highest BCUT2D eigenvalue weighted by Crippen LogP contribution is 2.23. The average Bonchev–Trinajstić information content (AvgIpc) is 3.29. The number of hydrogen-bond donors (Lipinski definition) is 1. The Kier molecular flexibility index (Phi) is 5.01. The van der Waals surface area contributed by atoms with Crippen LogP contribution < -0.4 is 5.32 Å². The maximum Gasteiger partial charge on any atom is 0.405 e. The smallest absolute Gasteiger partial charge is 0.405 e. The Balaban J connectivity index is 1.53. The monoisotopic (exact) mass is 371 g/mol. The van der Waals surface area contributed by atoms with Crippen molar-refractivity contribution in [2.75, 3.05) is 19.6 Å². The Morgan fingerprint density at radius 3 is 2.62 bits per heavy atom. The largest absolute Gasteiger partial charge is 0.461 e. The molecule has 0 saturated carbocycles. The van der Waals surface area contributed by atoms with E-state index in [1.165, 1.54) is 17.2 Å². The lowest BCUT2D eigenvalue weighted by Gasteiger charge is -2.30. The number of hydrogen-bond acceptors (Lipinski definition) is 5. The molecule has 140 valence electrons. The fraction of sp³-hybridized carbons (Fsp3) is 0.438. The van der Waals surface area contributed by atoms with Crippen molar-refractivity contribution in [2.45, 2.75) is 19.0 Å². The Labute approximate surface area is 146 Å². The van der Waals surface area contributed by atoms with Gasteiger partial charge < -0.3 is 19.2 Å². The Morgan fingerprint density at radius 2 is 2.00 bits per heavy atom. The first-order valence-electron chi connectivity index (χ1n) is 7.98. The van der Waals surface area contributed by atoms with Crippen molar-refractivity contribution in [1.29, 1.82) is 0 Å². The van der Waals surface area contributed by atoms with E-state index < -0.39 is 24.5 Å². The molecule has 1 aliphatic rings. The summed E-state index contributed by atoms with van der Waals surface area (Å²) in [5, 5.41) is 5.61. The predicted octanol–water partition coefficient (Wildman–Crippen LogP) is 2.47. The summed E-state index contributed by atoms with van der Waals surface area (Å²) < 4.78 is 46.7. The molecule has 1 N–H and O–H groups in total. The Hall–Kier alpha value is -2.78. The van der Waals surface area contributed by atoms with Gasteiger partial charge in [0.2, 0.25) is 11.7 Å². The Morgan fingerprint density at radius 1 is 1.27 bits per heavy atom. The molecule has 0 aromatic carbocycles. The molecule has 0 bridgehead atoms. The first-order chi connectivity index (χ1) is 12.3. The van der Waals surface area contributed by atoms with Crippen LogP contribution in [0.2, 0.25) is 0 Å². The third-order valence-electron chi connectivity index (χ3n) is 4.11. The summed E-state index contributed by atoms with van der Waals surface area (Å²) in [4.78, 5) is 25.7. The van der Waals surface area contributed by atoms with E-state index in [1.807, 2.05) is 5.32 Å². The van der Waals surface area contributed by atoms with Crippen LogP contribution in [0.1, 0.15) is 23.3 Å². The van der Waals surface area contributed by atoms with Crippen molar-refractivity contribution >= 4 is 11.8 Å². The van der Waals surface area contributed by atoms with Crippen molar-refractivity contribution in [3.05, 3.63) is 30.2 Å². The third kappa shape index (κ3) is 4.24. The lowest BCUT2D eigenvalue weighted by molar-refractivity contribution is -0.141. The van der Waals surface area contributed by atoms with Crippen molar-refractivity contribution in [1.82, 2.24) is 15.4 Å². The van der Waals surface area contributed by atoms with Crippen LogP contribution in [0.15, 0.2) is 33.4 Å². The molecule has 1 saturated heterocycles. The van der Waals surface area contributed by atoms with Crippen LogP contribution in [0.3, 0.4) is 0 Å². The predicted molar refractivity (Wildman–Crippen MR) is 81.9 cm³/mol. The fourth-order valence-electron chi connectivity index (χ4n) is 2.75. The van der Waals surface area contributed by atoms with Gasteiger partial charge in [-0.3, -0.25) is 9.59 Å². The number of rotatable bonds is 4. The minimum atomic E-state index is -4.44. The first-order valence-corrected chi connectivity index (χ1v) is 7.98. The molecular weight excluding hydrogens is 355 g/mol. The van der Waals surface area contributed by atoms with Gasteiger partial charge in [0.15, 0.2) is 11.5 Å². The van der Waals surface area contributed by atoms with Crippen molar-refractivity contribution in [3.63, 3.8) is 0 Å². The molecule has 1 fully saturated rings. The van der Waals surface area contributed by atoms with Gasteiger partial charge in [-0.15, -0.1) is 0 Å². The first kappa shape index (κ1) is 18.0. The van der Waals surface area contributed by atoms with Crippen LogP contribution in [-0.4, -0.2) is 47.7 Å². The Bertz CT molecular complexity index is 762. The molecule has 2 aromatic heterocycles. The number of nitrogens with zero attached hydrogens (tertiary/aromatic N) is 2. The quantitative estimate of drug-likeness (QED) is 0.892. The molecule has 3 rings (SSSR count). The second kappa shape index (κ2) is 7.22. The van der Waals surface area contributed by atoms with Gasteiger partial charge in [0.25, 0.3) is 5.91 Å². The van der Waals surface area contributed by atoms with Crippen molar-refractivity contribution in [3.8, 4) is 11.5 Å². The van der Waals surface area contributed by atoms with Crippen LogP contribution >= 0.6 is 0 Å². The van der Waals surface area contributed by atoms with Gasteiger partial charge in [0.05, 0.1) is 6.26 Å². The van der Waals surface area contributed by atoms with Gasteiger partial charge >= 0.3 is 6.18 Å². The van der Waals surface area contributed by atoms with E-state index in [0.29, 0.717) is 24.4 Å². The van der Waals surface area contributed by atoms with Gasteiger partial charge in [-0.25, -0.2) is 0 Å². The zero-order chi connectivity index (χ0) is 18.7. The zero-order valence-electron chi connectivity index (χ0n) is 13.6. The summed E-state index contributed by atoms with van der Waals surface area (Å²) in [6, 6.07) is 4.80. The van der Waals surface area contributed by atoms with Crippen LogP contribution in [0, 0.1) is 5.92 Å². The number of furan rings is 1. The van der Waals surface area contributed by atoms with Gasteiger partial charge in [-0.2, -0.15) is 13.2 Å². The zero-order valence-corrected chi connectivity index (χ0v) is 13.6. The van der Waals surface area contributed by atoms with E-state index in [4.69, 9.17) is 8.94 Å². The molecule has 0 spiro atoms. The molecule has 1 aliphatic heterocycles. The van der Waals surface area contributed by atoms with Crippen LogP contribution in [0.5, 0.6) is 0 Å². The van der Waals surface area contributed by atoms with Gasteiger partial charge in [0, 0.05) is 25.1 Å². The summed E-state index contributed by atoms with van der Waals surface area (Å²) in [5.74, 6) is -0.787. The molecule has 10 heteroatoms. The topological polar surface area (TPSA) is 88.6 Å². The summed E-state index contributed by atoms with van der Waals surface area (Å²) in [6.45, 7) is -0.836. The number of nitrogens with one attached hydrogen (secondary N) is 1. The van der Waals surface area contributed by atoms with Gasteiger partial charge in [-0.05, 0) is 25.0 Å². The molecule has 2 aromatic rings. The summed E-state index contributed by atoms with van der Waals surface area (Å²) in [6.07, 6.45) is -2.39. The highest BCUT2D eigenvalue weighted by atomic mass is 19.4. The molecule has 2 amide bonds. The number of likely N-dealkylation sites (tertiary alicyclic amines) is 1. The van der Waals surface area contributed by atoms with E-state index in [0.717, 1.165) is 0 Å². The fourth-order valence-corrected chi connectivity index (χ4v) is 2.75. The number of amides is 2. The normalized spacial score (nSPS) is 15.9. The summed E-state index contributed by atoms with van der Waals surface area (Å²) in [5.41, 5.74) is 0.108. The molecule has 26 heavy (non-hydrogen) atoms. The van der Waals surface area contributed by atoms with Gasteiger partial charge in [-0.1, -0.05) is 5.16 Å². The number of alkyl halides is 3. The summed E-state index contributed by atoms with van der Waals surface area (Å²) in [7, 11) is 0. The molecular formula is C16H16F3N3O4. The molecule has 7 nitrogen and oxygen atoms in total. The average molecular weight is 371 g/mol. The number of carbonyl (C=O) groups excluding carboxylic acids is 2. The van der Waals surface area contributed by atoms with E-state index in [-0.39, 0.29) is 24.7 Å². The van der Waals surface area contributed by atoms with Crippen molar-refractivity contribution < 1.29 is 31.7 Å². The molecule has 0 aliphatic carbocycles. The SMILES string of the molecule is O=C(NCC(F)(F)F)C1CCN(C(=O)c2cc(-c3ccco3)on2)CC1. The molecule has 0 radical (unpaired) electrons. The van der Waals surface area contributed by atoms with E-state index in [1.54, 1.807) is 12.1 Å². The molecule has 3 heterocycles. The van der Waals surface area contributed by atoms with Crippen LogP contribution in [0.25, 0.3) is 11.5 Å². The highest BCUT2D eigenvalue weighted by molar-refractivity contribution is 5.93. The number of aromatic nitrogens is 1. The van der Waals surface area contributed by atoms with Crippen molar-refractivity contribution in [2.24, 2.45) is 5.92 Å². The minimum absolute atomic E-state index is 0.108. The maximum atomic E-state index is 12.4.